The molecule has 0 aromatic rings. The molecule has 0 unspecified atom stereocenters. The molecule has 0 aliphatic carbocycles. The van der Waals surface area contributed by atoms with Gasteiger partial charge in [0.05, 0.1) is 13.5 Å². The van der Waals surface area contributed by atoms with Crippen molar-refractivity contribution in [1.82, 2.24) is 5.32 Å². The van der Waals surface area contributed by atoms with Gasteiger partial charge in [-0.3, -0.25) is 4.79 Å². The summed E-state index contributed by atoms with van der Waals surface area (Å²) in [5.41, 5.74) is 0. The highest BCUT2D eigenvalue weighted by Gasteiger charge is 1.96. The van der Waals surface area contributed by atoms with Crippen LogP contribution in [0.1, 0.15) is 6.42 Å². The van der Waals surface area contributed by atoms with E-state index in [2.05, 4.69) is 16.6 Å². The second kappa shape index (κ2) is 6.29. The first-order chi connectivity index (χ1) is 4.81. The molecule has 0 aromatic heterocycles. The van der Waals surface area contributed by atoms with Gasteiger partial charge in [0.2, 0.25) is 0 Å². The SMILES string of the molecule is C=CCNCCC(=O)OC. The second-order valence-corrected chi connectivity index (χ2v) is 1.82. The molecular weight excluding hydrogens is 130 g/mol. The Morgan fingerprint density at radius 2 is 2.50 bits per heavy atom. The summed E-state index contributed by atoms with van der Waals surface area (Å²) < 4.78 is 4.43. The lowest BCUT2D eigenvalue weighted by Crippen LogP contribution is -2.18. The molecule has 3 heteroatoms. The topological polar surface area (TPSA) is 38.3 Å². The van der Waals surface area contributed by atoms with Crippen molar-refractivity contribution < 1.29 is 9.53 Å². The van der Waals surface area contributed by atoms with E-state index in [0.29, 0.717) is 13.0 Å². The van der Waals surface area contributed by atoms with Gasteiger partial charge in [-0.2, -0.15) is 0 Å². The predicted octanol–water partition coefficient (Wildman–Crippen LogP) is 0.325. The maximum absolute atomic E-state index is 10.5. The fourth-order valence-corrected chi connectivity index (χ4v) is 0.497. The summed E-state index contributed by atoms with van der Waals surface area (Å²) in [6.45, 7) is 4.90. The molecule has 0 radical (unpaired) electrons. The lowest BCUT2D eigenvalue weighted by Gasteiger charge is -1.98. The molecule has 58 valence electrons. The highest BCUT2D eigenvalue weighted by molar-refractivity contribution is 5.69. The van der Waals surface area contributed by atoms with Crippen LogP contribution in [0.3, 0.4) is 0 Å². The van der Waals surface area contributed by atoms with Crippen LogP contribution in [-0.2, 0) is 9.53 Å². The van der Waals surface area contributed by atoms with Crippen molar-refractivity contribution in [2.75, 3.05) is 20.2 Å². The first kappa shape index (κ1) is 9.17. The Morgan fingerprint density at radius 1 is 1.80 bits per heavy atom. The van der Waals surface area contributed by atoms with Gasteiger partial charge in [0.15, 0.2) is 0 Å². The van der Waals surface area contributed by atoms with E-state index in [1.807, 2.05) is 0 Å². The number of ether oxygens (including phenoxy) is 1. The van der Waals surface area contributed by atoms with E-state index in [4.69, 9.17) is 0 Å². The molecule has 0 bridgehead atoms. The zero-order valence-electron chi connectivity index (χ0n) is 6.22. The molecule has 3 nitrogen and oxygen atoms in total. The van der Waals surface area contributed by atoms with Gasteiger partial charge in [-0.25, -0.2) is 0 Å². The smallest absolute Gasteiger partial charge is 0.306 e. The molecule has 0 heterocycles. The van der Waals surface area contributed by atoms with Crippen molar-refractivity contribution in [2.24, 2.45) is 0 Å². The first-order valence-electron chi connectivity index (χ1n) is 3.19. The van der Waals surface area contributed by atoms with Gasteiger partial charge in [-0.1, -0.05) is 6.08 Å². The third-order valence-corrected chi connectivity index (χ3v) is 1.02. The van der Waals surface area contributed by atoms with Crippen LogP contribution in [0.4, 0.5) is 0 Å². The predicted molar refractivity (Wildman–Crippen MR) is 39.7 cm³/mol. The Kier molecular flexibility index (Phi) is 5.77. The third-order valence-electron chi connectivity index (χ3n) is 1.02. The average Bonchev–Trinajstić information content (AvgIpc) is 1.98. The van der Waals surface area contributed by atoms with Gasteiger partial charge in [-0.05, 0) is 0 Å². The van der Waals surface area contributed by atoms with Gasteiger partial charge in [0.1, 0.15) is 0 Å². The van der Waals surface area contributed by atoms with Crippen molar-refractivity contribution in [3.05, 3.63) is 12.7 Å². The largest absolute Gasteiger partial charge is 0.469 e. The zero-order valence-corrected chi connectivity index (χ0v) is 6.22. The van der Waals surface area contributed by atoms with Crippen molar-refractivity contribution in [1.29, 1.82) is 0 Å². The number of hydrogen-bond acceptors (Lipinski definition) is 3. The standard InChI is InChI=1S/C7H13NO2/c1-3-5-8-6-4-7(9)10-2/h3,8H,1,4-6H2,2H3. The lowest BCUT2D eigenvalue weighted by molar-refractivity contribution is -0.140. The molecule has 0 rings (SSSR count). The fourth-order valence-electron chi connectivity index (χ4n) is 0.497. The molecule has 0 amide bonds. The minimum absolute atomic E-state index is 0.184. The van der Waals surface area contributed by atoms with Crippen molar-refractivity contribution in [2.45, 2.75) is 6.42 Å². The molecule has 0 aliphatic heterocycles. The Labute approximate surface area is 61.1 Å². The van der Waals surface area contributed by atoms with E-state index in [1.165, 1.54) is 7.11 Å². The molecular formula is C7H13NO2. The maximum atomic E-state index is 10.5. The van der Waals surface area contributed by atoms with Gasteiger partial charge in [0, 0.05) is 13.1 Å². The monoisotopic (exact) mass is 143 g/mol. The van der Waals surface area contributed by atoms with E-state index in [1.54, 1.807) is 6.08 Å². The summed E-state index contributed by atoms with van der Waals surface area (Å²) in [5.74, 6) is -0.184. The van der Waals surface area contributed by atoms with Gasteiger partial charge >= 0.3 is 5.97 Å². The Bertz CT molecular complexity index is 112. The van der Waals surface area contributed by atoms with Crippen LogP contribution >= 0.6 is 0 Å². The summed E-state index contributed by atoms with van der Waals surface area (Å²) in [7, 11) is 1.38. The maximum Gasteiger partial charge on any atom is 0.306 e. The summed E-state index contributed by atoms with van der Waals surface area (Å²) in [6, 6.07) is 0. The van der Waals surface area contributed by atoms with Gasteiger partial charge < -0.3 is 10.1 Å². The van der Waals surface area contributed by atoms with Crippen molar-refractivity contribution >= 4 is 5.97 Å². The average molecular weight is 143 g/mol. The van der Waals surface area contributed by atoms with Crippen LogP contribution < -0.4 is 5.32 Å². The van der Waals surface area contributed by atoms with Crippen LogP contribution in [-0.4, -0.2) is 26.2 Å². The van der Waals surface area contributed by atoms with Crippen LogP contribution in [0.15, 0.2) is 12.7 Å². The lowest BCUT2D eigenvalue weighted by atomic mass is 10.4. The molecule has 0 fully saturated rings. The molecule has 1 N–H and O–H groups in total. The quantitative estimate of drug-likeness (QED) is 0.342. The van der Waals surface area contributed by atoms with Crippen molar-refractivity contribution in [3.8, 4) is 0 Å². The van der Waals surface area contributed by atoms with E-state index >= 15 is 0 Å². The third kappa shape index (κ3) is 5.31. The van der Waals surface area contributed by atoms with E-state index in [0.717, 1.165) is 6.54 Å². The number of carbonyl (C=O) groups is 1. The van der Waals surface area contributed by atoms with Crippen LogP contribution in [0.2, 0.25) is 0 Å². The van der Waals surface area contributed by atoms with E-state index in [-0.39, 0.29) is 5.97 Å². The number of hydrogen-bond donors (Lipinski definition) is 1. The highest BCUT2D eigenvalue weighted by Crippen LogP contribution is 1.79. The highest BCUT2D eigenvalue weighted by atomic mass is 16.5. The molecule has 0 saturated carbocycles. The van der Waals surface area contributed by atoms with Crippen LogP contribution in [0, 0.1) is 0 Å². The molecule has 0 aliphatic rings. The number of esters is 1. The van der Waals surface area contributed by atoms with Gasteiger partial charge in [0.25, 0.3) is 0 Å². The van der Waals surface area contributed by atoms with Crippen LogP contribution in [0.5, 0.6) is 0 Å². The molecule has 0 saturated heterocycles. The van der Waals surface area contributed by atoms with E-state index in [9.17, 15) is 4.79 Å². The molecule has 0 aromatic carbocycles. The summed E-state index contributed by atoms with van der Waals surface area (Å²) >= 11 is 0. The minimum atomic E-state index is -0.184. The number of methoxy groups -OCH3 is 1. The molecule has 0 spiro atoms. The van der Waals surface area contributed by atoms with Gasteiger partial charge in [-0.15, -0.1) is 6.58 Å². The molecule has 0 atom stereocenters. The Morgan fingerprint density at radius 3 is 3.00 bits per heavy atom. The summed E-state index contributed by atoms with van der Waals surface area (Å²) in [4.78, 5) is 10.5. The first-order valence-corrected chi connectivity index (χ1v) is 3.19. The fraction of sp³-hybridized carbons (Fsp3) is 0.571. The Hall–Kier alpha value is -0.830. The van der Waals surface area contributed by atoms with Crippen molar-refractivity contribution in [3.63, 3.8) is 0 Å². The summed E-state index contributed by atoms with van der Waals surface area (Å²) in [6.07, 6.45) is 2.17. The van der Waals surface area contributed by atoms with E-state index < -0.39 is 0 Å². The molecule has 10 heavy (non-hydrogen) atoms. The number of nitrogens with one attached hydrogen (secondary N) is 1. The number of rotatable bonds is 5. The van der Waals surface area contributed by atoms with Crippen LogP contribution in [0.25, 0.3) is 0 Å². The Balaban J connectivity index is 3.03. The summed E-state index contributed by atoms with van der Waals surface area (Å²) in [5, 5.41) is 2.98. The zero-order chi connectivity index (χ0) is 7.82. The number of carbonyl (C=O) groups excluding carboxylic acids is 1. The minimum Gasteiger partial charge on any atom is -0.469 e. The normalized spacial score (nSPS) is 8.90. The second-order valence-electron chi connectivity index (χ2n) is 1.82.